The Bertz CT molecular complexity index is 670. The van der Waals surface area contributed by atoms with E-state index in [1.54, 1.807) is 31.3 Å². The Balaban J connectivity index is 1.85. The molecule has 1 heterocycles. The number of carbonyl (C=O) groups excluding carboxylic acids is 1. The van der Waals surface area contributed by atoms with Gasteiger partial charge in [-0.3, -0.25) is 4.79 Å². The van der Waals surface area contributed by atoms with Crippen molar-refractivity contribution in [3.05, 3.63) is 66.0 Å². The monoisotopic (exact) mass is 294 g/mol. The van der Waals surface area contributed by atoms with Crippen molar-refractivity contribution in [2.75, 3.05) is 6.54 Å². The highest BCUT2D eigenvalue weighted by Crippen LogP contribution is 2.23. The third-order valence-corrected chi connectivity index (χ3v) is 3.16. The summed E-state index contributed by atoms with van der Waals surface area (Å²) in [6.07, 6.45) is 1.65. The van der Waals surface area contributed by atoms with Crippen molar-refractivity contribution in [1.29, 1.82) is 0 Å². The minimum atomic E-state index is -1.19. The molecular formula is C18H18N2O2. The second-order valence-corrected chi connectivity index (χ2v) is 5.11. The van der Waals surface area contributed by atoms with E-state index in [0.717, 1.165) is 0 Å². The predicted molar refractivity (Wildman–Crippen MR) is 84.8 cm³/mol. The summed E-state index contributed by atoms with van der Waals surface area (Å²) in [6.45, 7) is 1.85. The van der Waals surface area contributed by atoms with Gasteiger partial charge >= 0.3 is 0 Å². The van der Waals surface area contributed by atoms with Crippen LogP contribution in [-0.2, 0) is 10.4 Å². The Morgan fingerprint density at radius 2 is 1.95 bits per heavy atom. The first-order valence-electron chi connectivity index (χ1n) is 7.02. The van der Waals surface area contributed by atoms with Gasteiger partial charge in [0, 0.05) is 6.20 Å². The number of carbonyl (C=O) groups is 1. The summed E-state index contributed by atoms with van der Waals surface area (Å²) < 4.78 is 0. The summed E-state index contributed by atoms with van der Waals surface area (Å²) in [5, 5.41) is 13.1. The van der Waals surface area contributed by atoms with Crippen molar-refractivity contribution in [1.82, 2.24) is 10.3 Å². The number of amides is 1. The van der Waals surface area contributed by atoms with Crippen LogP contribution in [0.3, 0.4) is 0 Å². The van der Waals surface area contributed by atoms with Gasteiger partial charge in [-0.2, -0.15) is 0 Å². The number of rotatable bonds is 4. The second-order valence-electron chi connectivity index (χ2n) is 5.11. The third kappa shape index (κ3) is 4.72. The van der Waals surface area contributed by atoms with E-state index in [2.05, 4.69) is 22.1 Å². The molecule has 112 valence electrons. The molecule has 0 unspecified atom stereocenters. The lowest BCUT2D eigenvalue weighted by Gasteiger charge is -2.22. The number of nitrogens with one attached hydrogen (secondary N) is 1. The number of hydrogen-bond donors (Lipinski definition) is 2. The van der Waals surface area contributed by atoms with Gasteiger partial charge in [0.2, 0.25) is 5.91 Å². The molecular weight excluding hydrogens is 276 g/mol. The van der Waals surface area contributed by atoms with Gasteiger partial charge in [0.15, 0.2) is 0 Å². The van der Waals surface area contributed by atoms with E-state index in [1.165, 1.54) is 0 Å². The van der Waals surface area contributed by atoms with Crippen molar-refractivity contribution in [2.24, 2.45) is 0 Å². The van der Waals surface area contributed by atoms with Gasteiger partial charge in [-0.1, -0.05) is 42.3 Å². The summed E-state index contributed by atoms with van der Waals surface area (Å²) in [5.41, 5.74) is 0.178. The van der Waals surface area contributed by atoms with Crippen molar-refractivity contribution >= 4 is 5.91 Å². The fraction of sp³-hybridized carbons (Fsp3) is 0.222. The SMILES string of the molecule is C[C@](O)(CC(=O)NCC#Cc1ccccn1)c1ccccc1. The fourth-order valence-electron chi connectivity index (χ4n) is 1.99. The molecule has 0 aliphatic heterocycles. The molecule has 4 heteroatoms. The third-order valence-electron chi connectivity index (χ3n) is 3.16. The molecule has 0 aliphatic carbocycles. The number of benzene rings is 1. The molecule has 2 aromatic rings. The average Bonchev–Trinajstić information content (AvgIpc) is 2.53. The quantitative estimate of drug-likeness (QED) is 0.846. The van der Waals surface area contributed by atoms with Crippen LogP contribution < -0.4 is 5.32 Å². The minimum absolute atomic E-state index is 0.0116. The zero-order chi connectivity index (χ0) is 15.8. The van der Waals surface area contributed by atoms with E-state index >= 15 is 0 Å². The number of hydrogen-bond acceptors (Lipinski definition) is 3. The molecule has 0 bridgehead atoms. The van der Waals surface area contributed by atoms with Gasteiger partial charge in [0.05, 0.1) is 18.6 Å². The van der Waals surface area contributed by atoms with E-state index in [4.69, 9.17) is 0 Å². The molecule has 0 radical (unpaired) electrons. The van der Waals surface area contributed by atoms with E-state index < -0.39 is 5.60 Å². The lowest BCUT2D eigenvalue weighted by Crippen LogP contribution is -2.32. The molecule has 0 saturated carbocycles. The zero-order valence-electron chi connectivity index (χ0n) is 12.4. The van der Waals surface area contributed by atoms with Crippen molar-refractivity contribution in [3.63, 3.8) is 0 Å². The number of aromatic nitrogens is 1. The molecule has 2 rings (SSSR count). The predicted octanol–water partition coefficient (Wildman–Crippen LogP) is 1.85. The highest BCUT2D eigenvalue weighted by Gasteiger charge is 2.25. The fourth-order valence-corrected chi connectivity index (χ4v) is 1.99. The molecule has 0 saturated heterocycles. The van der Waals surface area contributed by atoms with Crippen molar-refractivity contribution in [3.8, 4) is 11.8 Å². The van der Waals surface area contributed by atoms with Crippen molar-refractivity contribution < 1.29 is 9.90 Å². The van der Waals surface area contributed by atoms with Crippen LogP contribution in [0.4, 0.5) is 0 Å². The van der Waals surface area contributed by atoms with Gasteiger partial charge < -0.3 is 10.4 Å². The van der Waals surface area contributed by atoms with Crippen LogP contribution in [-0.4, -0.2) is 22.5 Å². The molecule has 1 aromatic heterocycles. The average molecular weight is 294 g/mol. The summed E-state index contributed by atoms with van der Waals surface area (Å²) in [4.78, 5) is 16.0. The number of aliphatic hydroxyl groups is 1. The molecule has 1 aromatic carbocycles. The first-order valence-corrected chi connectivity index (χ1v) is 7.02. The largest absolute Gasteiger partial charge is 0.385 e. The normalized spacial score (nSPS) is 12.6. The van der Waals surface area contributed by atoms with Gasteiger partial charge in [0.25, 0.3) is 0 Å². The summed E-state index contributed by atoms with van der Waals surface area (Å²) in [6, 6.07) is 14.6. The van der Waals surface area contributed by atoms with E-state index in [1.807, 2.05) is 30.3 Å². The Hall–Kier alpha value is -2.64. The van der Waals surface area contributed by atoms with E-state index in [0.29, 0.717) is 11.3 Å². The van der Waals surface area contributed by atoms with Gasteiger partial charge in [0.1, 0.15) is 5.69 Å². The molecule has 1 atom stereocenters. The van der Waals surface area contributed by atoms with Crippen LogP contribution in [0.15, 0.2) is 54.7 Å². The smallest absolute Gasteiger partial charge is 0.223 e. The van der Waals surface area contributed by atoms with Gasteiger partial charge in [-0.15, -0.1) is 0 Å². The van der Waals surface area contributed by atoms with E-state index in [-0.39, 0.29) is 18.9 Å². The molecule has 0 spiro atoms. The summed E-state index contributed by atoms with van der Waals surface area (Å²) in [5.74, 6) is 5.44. The Morgan fingerprint density at radius 1 is 1.23 bits per heavy atom. The Kier molecular flexibility index (Phi) is 5.29. The standard InChI is InChI=1S/C18H18N2O2/c1-18(22,15-8-3-2-4-9-15)14-17(21)20-13-7-11-16-10-5-6-12-19-16/h2-6,8-10,12,22H,13-14H2,1H3,(H,20,21)/t18-/m0/s1. The van der Waals surface area contributed by atoms with Gasteiger partial charge in [-0.05, 0) is 30.5 Å². The zero-order valence-corrected chi connectivity index (χ0v) is 12.4. The Morgan fingerprint density at radius 3 is 2.64 bits per heavy atom. The lowest BCUT2D eigenvalue weighted by molar-refractivity contribution is -0.125. The van der Waals surface area contributed by atoms with Crippen LogP contribution in [0.25, 0.3) is 0 Å². The maximum Gasteiger partial charge on any atom is 0.223 e. The minimum Gasteiger partial charge on any atom is -0.385 e. The molecule has 4 nitrogen and oxygen atoms in total. The number of pyridine rings is 1. The van der Waals surface area contributed by atoms with Crippen LogP contribution in [0.1, 0.15) is 24.6 Å². The first-order chi connectivity index (χ1) is 10.6. The Labute approximate surface area is 130 Å². The second kappa shape index (κ2) is 7.39. The topological polar surface area (TPSA) is 62.2 Å². The highest BCUT2D eigenvalue weighted by molar-refractivity contribution is 5.77. The maximum atomic E-state index is 11.9. The van der Waals surface area contributed by atoms with E-state index in [9.17, 15) is 9.90 Å². The van der Waals surface area contributed by atoms with Crippen LogP contribution in [0, 0.1) is 11.8 Å². The van der Waals surface area contributed by atoms with Crippen LogP contribution in [0.2, 0.25) is 0 Å². The molecule has 1 amide bonds. The summed E-state index contributed by atoms with van der Waals surface area (Å²) >= 11 is 0. The van der Waals surface area contributed by atoms with Gasteiger partial charge in [-0.25, -0.2) is 4.98 Å². The maximum absolute atomic E-state index is 11.9. The summed E-state index contributed by atoms with van der Waals surface area (Å²) in [7, 11) is 0. The number of nitrogens with zero attached hydrogens (tertiary/aromatic N) is 1. The molecule has 0 aliphatic rings. The van der Waals surface area contributed by atoms with Crippen LogP contribution in [0.5, 0.6) is 0 Å². The first kappa shape index (κ1) is 15.7. The lowest BCUT2D eigenvalue weighted by atomic mass is 9.92. The molecule has 2 N–H and O–H groups in total. The molecule has 0 fully saturated rings. The van der Waals surface area contributed by atoms with Crippen molar-refractivity contribution in [2.45, 2.75) is 18.9 Å². The highest BCUT2D eigenvalue weighted by atomic mass is 16.3. The van der Waals surface area contributed by atoms with Crippen LogP contribution >= 0.6 is 0 Å². The molecule has 22 heavy (non-hydrogen) atoms.